The second kappa shape index (κ2) is 6.45. The molecule has 0 aliphatic heterocycles. The van der Waals surface area contributed by atoms with Crippen LogP contribution in [0.3, 0.4) is 0 Å². The van der Waals surface area contributed by atoms with E-state index in [1.807, 2.05) is 37.3 Å². The average molecular weight is 216 g/mol. The molecule has 0 fully saturated rings. The molecular formula is C13H16N2O. The molecular weight excluding hydrogens is 200 g/mol. The van der Waals surface area contributed by atoms with E-state index in [1.54, 1.807) is 6.21 Å². The number of ether oxygens (including phenoxy) is 1. The molecule has 3 nitrogen and oxygen atoms in total. The molecule has 0 saturated heterocycles. The van der Waals surface area contributed by atoms with E-state index >= 15 is 0 Å². The Balaban J connectivity index is 2.45. The van der Waals surface area contributed by atoms with Crippen LogP contribution in [-0.4, -0.2) is 12.8 Å². The van der Waals surface area contributed by atoms with Crippen molar-refractivity contribution in [1.82, 2.24) is 0 Å². The number of benzene rings is 1. The smallest absolute Gasteiger partial charge is 0.119 e. The van der Waals surface area contributed by atoms with Crippen molar-refractivity contribution in [3.05, 3.63) is 48.7 Å². The first-order chi connectivity index (χ1) is 7.72. The maximum atomic E-state index is 5.57. The number of aliphatic imine (C=N–C) groups is 1. The van der Waals surface area contributed by atoms with Crippen molar-refractivity contribution in [2.75, 3.05) is 12.3 Å². The predicted octanol–water partition coefficient (Wildman–Crippen LogP) is 2.81. The molecule has 2 N–H and O–H groups in total. The van der Waals surface area contributed by atoms with Gasteiger partial charge in [-0.25, -0.2) is 0 Å². The van der Waals surface area contributed by atoms with Crippen LogP contribution in [0.5, 0.6) is 5.75 Å². The highest BCUT2D eigenvalue weighted by molar-refractivity contribution is 5.72. The zero-order chi connectivity index (χ0) is 11.8. The predicted molar refractivity (Wildman–Crippen MR) is 68.8 cm³/mol. The molecule has 0 aromatic heterocycles. The molecule has 0 saturated carbocycles. The Morgan fingerprint density at radius 1 is 1.44 bits per heavy atom. The quantitative estimate of drug-likeness (QED) is 0.607. The van der Waals surface area contributed by atoms with Crippen LogP contribution >= 0.6 is 0 Å². The normalized spacial score (nSPS) is 11.7. The van der Waals surface area contributed by atoms with Gasteiger partial charge in [0.25, 0.3) is 0 Å². The fourth-order valence-electron chi connectivity index (χ4n) is 1.04. The molecule has 0 atom stereocenters. The SMILES string of the molecule is C=CN=C/C=C(\C)COc1ccc(N)cc1. The van der Waals surface area contributed by atoms with Crippen LogP contribution in [0.2, 0.25) is 0 Å². The van der Waals surface area contributed by atoms with Gasteiger partial charge in [-0.1, -0.05) is 6.58 Å². The lowest BCUT2D eigenvalue weighted by atomic mass is 10.3. The molecule has 0 amide bonds. The lowest BCUT2D eigenvalue weighted by Crippen LogP contribution is -1.99. The van der Waals surface area contributed by atoms with Gasteiger partial charge in [-0.3, -0.25) is 4.99 Å². The van der Waals surface area contributed by atoms with Crippen molar-refractivity contribution in [3.8, 4) is 5.75 Å². The standard InChI is InChI=1S/C13H16N2O/c1-3-15-9-8-11(2)10-16-13-6-4-12(14)5-7-13/h3-9H,1,10,14H2,2H3/b11-8+,15-9?. The summed E-state index contributed by atoms with van der Waals surface area (Å²) in [4.78, 5) is 3.87. The first-order valence-corrected chi connectivity index (χ1v) is 5.00. The van der Waals surface area contributed by atoms with Crippen molar-refractivity contribution >= 4 is 11.9 Å². The number of anilines is 1. The summed E-state index contributed by atoms with van der Waals surface area (Å²) in [7, 11) is 0. The number of nitrogens with zero attached hydrogens (tertiary/aromatic N) is 1. The second-order valence-corrected chi connectivity index (χ2v) is 3.35. The highest BCUT2D eigenvalue weighted by atomic mass is 16.5. The van der Waals surface area contributed by atoms with Gasteiger partial charge in [-0.05, 0) is 42.8 Å². The molecule has 0 spiro atoms. The van der Waals surface area contributed by atoms with Gasteiger partial charge in [0.05, 0.1) is 0 Å². The van der Waals surface area contributed by atoms with Crippen LogP contribution in [-0.2, 0) is 0 Å². The van der Waals surface area contributed by atoms with Gasteiger partial charge in [0, 0.05) is 18.1 Å². The number of hydrogen-bond donors (Lipinski definition) is 1. The van der Waals surface area contributed by atoms with E-state index in [1.165, 1.54) is 6.20 Å². The third kappa shape index (κ3) is 4.46. The third-order valence-electron chi connectivity index (χ3n) is 1.90. The second-order valence-electron chi connectivity index (χ2n) is 3.35. The van der Waals surface area contributed by atoms with Crippen LogP contribution in [0.25, 0.3) is 0 Å². The Hall–Kier alpha value is -2.03. The fourth-order valence-corrected chi connectivity index (χ4v) is 1.04. The molecule has 1 aromatic carbocycles. The number of allylic oxidation sites excluding steroid dienone is 1. The minimum absolute atomic E-state index is 0.535. The summed E-state index contributed by atoms with van der Waals surface area (Å²) in [5.41, 5.74) is 7.39. The van der Waals surface area contributed by atoms with Crippen LogP contribution in [0.15, 0.2) is 53.7 Å². The van der Waals surface area contributed by atoms with E-state index in [-0.39, 0.29) is 0 Å². The van der Waals surface area contributed by atoms with Crippen molar-refractivity contribution in [3.63, 3.8) is 0 Å². The van der Waals surface area contributed by atoms with Gasteiger partial charge in [0.2, 0.25) is 0 Å². The molecule has 0 bridgehead atoms. The van der Waals surface area contributed by atoms with Gasteiger partial charge >= 0.3 is 0 Å². The Morgan fingerprint density at radius 3 is 2.75 bits per heavy atom. The monoisotopic (exact) mass is 216 g/mol. The summed E-state index contributed by atoms with van der Waals surface area (Å²) in [5, 5.41) is 0. The highest BCUT2D eigenvalue weighted by Crippen LogP contribution is 2.13. The molecule has 0 radical (unpaired) electrons. The summed E-state index contributed by atoms with van der Waals surface area (Å²) >= 11 is 0. The van der Waals surface area contributed by atoms with Crippen LogP contribution in [0, 0.1) is 0 Å². The largest absolute Gasteiger partial charge is 0.489 e. The van der Waals surface area contributed by atoms with Gasteiger partial charge in [-0.2, -0.15) is 0 Å². The zero-order valence-corrected chi connectivity index (χ0v) is 9.39. The first kappa shape index (κ1) is 12.0. The Bertz CT molecular complexity index is 391. The molecule has 0 heterocycles. The molecule has 3 heteroatoms. The van der Waals surface area contributed by atoms with Crippen LogP contribution in [0.1, 0.15) is 6.92 Å². The van der Waals surface area contributed by atoms with Crippen molar-refractivity contribution < 1.29 is 4.74 Å². The third-order valence-corrected chi connectivity index (χ3v) is 1.90. The summed E-state index contributed by atoms with van der Waals surface area (Å²) < 4.78 is 5.54. The molecule has 0 unspecified atom stereocenters. The molecule has 1 aromatic rings. The first-order valence-electron chi connectivity index (χ1n) is 5.00. The van der Waals surface area contributed by atoms with Crippen LogP contribution in [0.4, 0.5) is 5.69 Å². The summed E-state index contributed by atoms with van der Waals surface area (Å²) in [6.45, 7) is 6.00. The minimum atomic E-state index is 0.535. The average Bonchev–Trinajstić information content (AvgIpc) is 2.29. The molecule has 0 aliphatic carbocycles. The lowest BCUT2D eigenvalue weighted by Gasteiger charge is -2.05. The Morgan fingerprint density at radius 2 is 2.12 bits per heavy atom. The van der Waals surface area contributed by atoms with E-state index in [2.05, 4.69) is 11.6 Å². The van der Waals surface area contributed by atoms with Crippen LogP contribution < -0.4 is 10.5 Å². The molecule has 1 rings (SSSR count). The van der Waals surface area contributed by atoms with Gasteiger partial charge < -0.3 is 10.5 Å². The Labute approximate surface area is 96.0 Å². The van der Waals surface area contributed by atoms with E-state index in [4.69, 9.17) is 10.5 Å². The summed E-state index contributed by atoms with van der Waals surface area (Å²) in [5.74, 6) is 0.808. The van der Waals surface area contributed by atoms with Crippen molar-refractivity contribution in [2.45, 2.75) is 6.92 Å². The zero-order valence-electron chi connectivity index (χ0n) is 9.39. The summed E-state index contributed by atoms with van der Waals surface area (Å²) in [6, 6.07) is 7.32. The number of rotatable bonds is 5. The minimum Gasteiger partial charge on any atom is -0.489 e. The van der Waals surface area contributed by atoms with E-state index in [9.17, 15) is 0 Å². The van der Waals surface area contributed by atoms with Crippen molar-refractivity contribution in [2.24, 2.45) is 4.99 Å². The van der Waals surface area contributed by atoms with E-state index < -0.39 is 0 Å². The van der Waals surface area contributed by atoms with Gasteiger partial charge in [0.15, 0.2) is 0 Å². The van der Waals surface area contributed by atoms with Crippen molar-refractivity contribution in [1.29, 1.82) is 0 Å². The molecule has 16 heavy (non-hydrogen) atoms. The maximum absolute atomic E-state index is 5.57. The molecule has 0 aliphatic rings. The topological polar surface area (TPSA) is 47.6 Å². The fraction of sp³-hybridized carbons (Fsp3) is 0.154. The van der Waals surface area contributed by atoms with Gasteiger partial charge in [-0.15, -0.1) is 0 Å². The Kier molecular flexibility index (Phi) is 4.86. The summed E-state index contributed by atoms with van der Waals surface area (Å²) in [6.07, 6.45) is 5.07. The molecule has 84 valence electrons. The number of nitrogen functional groups attached to an aromatic ring is 1. The number of hydrogen-bond acceptors (Lipinski definition) is 3. The van der Waals surface area contributed by atoms with E-state index in [0.29, 0.717) is 6.61 Å². The maximum Gasteiger partial charge on any atom is 0.119 e. The number of nitrogens with two attached hydrogens (primary N) is 1. The highest BCUT2D eigenvalue weighted by Gasteiger charge is 1.93. The van der Waals surface area contributed by atoms with E-state index in [0.717, 1.165) is 17.0 Å². The lowest BCUT2D eigenvalue weighted by molar-refractivity contribution is 0.352. The van der Waals surface area contributed by atoms with Gasteiger partial charge in [0.1, 0.15) is 12.4 Å².